The second-order valence-corrected chi connectivity index (χ2v) is 6.34. The lowest BCUT2D eigenvalue weighted by molar-refractivity contribution is -0.689. The molecule has 118 valence electrons. The lowest BCUT2D eigenvalue weighted by Gasteiger charge is -2.05. The number of hydrogen-bond acceptors (Lipinski definition) is 0. The van der Waals surface area contributed by atoms with E-state index in [9.17, 15) is 0 Å². The minimum atomic E-state index is 0. The number of rotatable bonds is 2. The predicted octanol–water partition coefficient (Wildman–Crippen LogP) is 1.34. The summed E-state index contributed by atoms with van der Waals surface area (Å²) in [6, 6.07) is 16.9. The van der Waals surface area contributed by atoms with Gasteiger partial charge in [-0.05, 0) is 49.7 Å². The summed E-state index contributed by atoms with van der Waals surface area (Å²) in [6.07, 6.45) is 4.62. The second kappa shape index (κ2) is 6.50. The number of aromatic nitrogens is 2. The zero-order valence-corrected chi connectivity index (χ0v) is 15.3. The van der Waals surface area contributed by atoms with Gasteiger partial charge in [-0.2, -0.15) is 4.57 Å². The van der Waals surface area contributed by atoms with Crippen LogP contribution in [0.3, 0.4) is 0 Å². The van der Waals surface area contributed by atoms with E-state index in [0.29, 0.717) is 0 Å². The van der Waals surface area contributed by atoms with Crippen LogP contribution in [0, 0.1) is 6.92 Å². The largest absolute Gasteiger partial charge is 1.00 e. The van der Waals surface area contributed by atoms with E-state index in [1.54, 1.807) is 0 Å². The predicted molar refractivity (Wildman–Crippen MR) is 89.5 cm³/mol. The Balaban J connectivity index is 0.00000156. The maximum atomic E-state index is 6.04. The standard InChI is InChI=1S/C19H18ClN2.BrH/c1-14-4-10-17(11-5-14)22-18(13-21-12-2-3-19(21)22)15-6-8-16(20)9-7-15;/h4-11,13H,2-3,12H2,1H3;1H/q+1;/p-1. The van der Waals surface area contributed by atoms with Gasteiger partial charge in [-0.15, -0.1) is 0 Å². The molecular formula is C19H18BrClN2. The van der Waals surface area contributed by atoms with Crippen molar-refractivity contribution in [2.75, 3.05) is 0 Å². The molecule has 0 bridgehead atoms. The van der Waals surface area contributed by atoms with Gasteiger partial charge in [0.1, 0.15) is 11.9 Å². The summed E-state index contributed by atoms with van der Waals surface area (Å²) in [4.78, 5) is 0. The quantitative estimate of drug-likeness (QED) is 0.585. The highest BCUT2D eigenvalue weighted by molar-refractivity contribution is 6.30. The molecule has 2 heterocycles. The molecule has 0 atom stereocenters. The Morgan fingerprint density at radius 2 is 1.70 bits per heavy atom. The van der Waals surface area contributed by atoms with Crippen molar-refractivity contribution in [1.82, 2.24) is 4.57 Å². The van der Waals surface area contributed by atoms with E-state index in [-0.39, 0.29) is 17.0 Å². The zero-order valence-electron chi connectivity index (χ0n) is 13.0. The third-order valence-corrected chi connectivity index (χ3v) is 4.59. The van der Waals surface area contributed by atoms with Crippen LogP contribution in [0.25, 0.3) is 16.9 Å². The molecule has 0 amide bonds. The van der Waals surface area contributed by atoms with Crippen molar-refractivity contribution in [2.24, 2.45) is 0 Å². The summed E-state index contributed by atoms with van der Waals surface area (Å²) in [5.41, 5.74) is 4.95. The van der Waals surface area contributed by atoms with Gasteiger partial charge in [0, 0.05) is 10.6 Å². The van der Waals surface area contributed by atoms with Crippen LogP contribution in [-0.4, -0.2) is 4.57 Å². The van der Waals surface area contributed by atoms with E-state index >= 15 is 0 Å². The maximum Gasteiger partial charge on any atom is 0.262 e. The first kappa shape index (κ1) is 16.3. The summed E-state index contributed by atoms with van der Waals surface area (Å²) in [6.45, 7) is 3.23. The summed E-state index contributed by atoms with van der Waals surface area (Å²) < 4.78 is 4.76. The number of aryl methyl sites for hydroxylation is 2. The maximum absolute atomic E-state index is 6.04. The Morgan fingerprint density at radius 3 is 2.39 bits per heavy atom. The molecule has 23 heavy (non-hydrogen) atoms. The van der Waals surface area contributed by atoms with Crippen LogP contribution >= 0.6 is 11.6 Å². The Kier molecular flexibility index (Phi) is 4.60. The van der Waals surface area contributed by atoms with Gasteiger partial charge in [-0.25, -0.2) is 4.57 Å². The van der Waals surface area contributed by atoms with Crippen LogP contribution < -0.4 is 21.5 Å². The fourth-order valence-electron chi connectivity index (χ4n) is 3.21. The van der Waals surface area contributed by atoms with E-state index < -0.39 is 0 Å². The summed E-state index contributed by atoms with van der Waals surface area (Å²) in [5.74, 6) is 1.38. The smallest absolute Gasteiger partial charge is 0.262 e. The van der Waals surface area contributed by atoms with Gasteiger partial charge in [-0.1, -0.05) is 29.3 Å². The molecule has 0 spiro atoms. The summed E-state index contributed by atoms with van der Waals surface area (Å²) in [5, 5.41) is 0.775. The van der Waals surface area contributed by atoms with Crippen LogP contribution in [-0.2, 0) is 13.0 Å². The number of hydrogen-bond donors (Lipinski definition) is 0. The van der Waals surface area contributed by atoms with Crippen molar-refractivity contribution in [3.63, 3.8) is 0 Å². The Labute approximate surface area is 152 Å². The normalized spacial score (nSPS) is 12.8. The van der Waals surface area contributed by atoms with Gasteiger partial charge < -0.3 is 17.0 Å². The lowest BCUT2D eigenvalue weighted by atomic mass is 10.1. The third kappa shape index (κ3) is 2.96. The van der Waals surface area contributed by atoms with E-state index in [0.717, 1.165) is 18.0 Å². The number of benzene rings is 2. The number of nitrogens with zero attached hydrogens (tertiary/aromatic N) is 2. The van der Waals surface area contributed by atoms with Gasteiger partial charge in [0.2, 0.25) is 0 Å². The van der Waals surface area contributed by atoms with Crippen molar-refractivity contribution in [2.45, 2.75) is 26.3 Å². The molecule has 3 aromatic rings. The molecule has 0 fully saturated rings. The van der Waals surface area contributed by atoms with Crippen LogP contribution in [0.4, 0.5) is 0 Å². The molecule has 0 aliphatic carbocycles. The molecule has 0 saturated heterocycles. The molecule has 0 saturated carbocycles. The fraction of sp³-hybridized carbons (Fsp3) is 0.211. The Morgan fingerprint density at radius 1 is 1.00 bits per heavy atom. The summed E-state index contributed by atoms with van der Waals surface area (Å²) in [7, 11) is 0. The number of halogens is 2. The molecule has 0 unspecified atom stereocenters. The highest BCUT2D eigenvalue weighted by Gasteiger charge is 2.29. The molecule has 1 aliphatic heterocycles. The van der Waals surface area contributed by atoms with Gasteiger partial charge in [0.25, 0.3) is 5.82 Å². The van der Waals surface area contributed by atoms with E-state index in [1.165, 1.54) is 34.8 Å². The van der Waals surface area contributed by atoms with Crippen LogP contribution in [0.2, 0.25) is 5.02 Å². The minimum absolute atomic E-state index is 0. The van der Waals surface area contributed by atoms with Gasteiger partial charge in [-0.3, -0.25) is 0 Å². The van der Waals surface area contributed by atoms with Crippen molar-refractivity contribution >= 4 is 11.6 Å². The molecule has 2 aromatic carbocycles. The highest BCUT2D eigenvalue weighted by atomic mass is 79.9. The third-order valence-electron chi connectivity index (χ3n) is 4.34. The average molecular weight is 390 g/mol. The van der Waals surface area contributed by atoms with E-state index in [2.05, 4.69) is 58.7 Å². The van der Waals surface area contributed by atoms with E-state index in [4.69, 9.17) is 11.6 Å². The molecule has 1 aromatic heterocycles. The van der Waals surface area contributed by atoms with Crippen LogP contribution in [0.5, 0.6) is 0 Å². The Hall–Kier alpha value is -1.58. The Bertz CT molecular complexity index is 820. The second-order valence-electron chi connectivity index (χ2n) is 5.91. The molecule has 4 heteroatoms. The number of fused-ring (bicyclic) bond motifs is 1. The van der Waals surface area contributed by atoms with Crippen LogP contribution in [0.1, 0.15) is 17.8 Å². The van der Waals surface area contributed by atoms with Crippen molar-refractivity contribution in [3.05, 3.63) is 71.1 Å². The van der Waals surface area contributed by atoms with Gasteiger partial charge >= 0.3 is 0 Å². The van der Waals surface area contributed by atoms with Crippen molar-refractivity contribution < 1.29 is 21.5 Å². The first-order valence-electron chi connectivity index (χ1n) is 7.69. The molecule has 2 nitrogen and oxygen atoms in total. The lowest BCUT2D eigenvalue weighted by Crippen LogP contribution is -3.00. The zero-order chi connectivity index (χ0) is 15.1. The first-order chi connectivity index (χ1) is 10.7. The van der Waals surface area contributed by atoms with Gasteiger partial charge in [0.15, 0.2) is 5.69 Å². The topological polar surface area (TPSA) is 8.81 Å². The minimum Gasteiger partial charge on any atom is -1.00 e. The molecular weight excluding hydrogens is 372 g/mol. The fourth-order valence-corrected chi connectivity index (χ4v) is 3.34. The van der Waals surface area contributed by atoms with Crippen molar-refractivity contribution in [3.8, 4) is 16.9 Å². The molecule has 0 radical (unpaired) electrons. The van der Waals surface area contributed by atoms with E-state index in [1.807, 2.05) is 12.1 Å². The van der Waals surface area contributed by atoms with Gasteiger partial charge in [0.05, 0.1) is 13.0 Å². The summed E-state index contributed by atoms with van der Waals surface area (Å²) >= 11 is 6.04. The molecule has 0 N–H and O–H groups in total. The average Bonchev–Trinajstić information content (AvgIpc) is 3.10. The molecule has 1 aliphatic rings. The number of imidazole rings is 1. The SMILES string of the molecule is Cc1ccc(-n2c(-c3ccc(Cl)cc3)c[n+]3c2CCC3)cc1.[Br-]. The molecule has 4 rings (SSSR count). The van der Waals surface area contributed by atoms with Crippen LogP contribution in [0.15, 0.2) is 54.7 Å². The monoisotopic (exact) mass is 388 g/mol. The first-order valence-corrected chi connectivity index (χ1v) is 8.07. The van der Waals surface area contributed by atoms with Crippen molar-refractivity contribution in [1.29, 1.82) is 0 Å². The highest BCUT2D eigenvalue weighted by Crippen LogP contribution is 2.27.